The summed E-state index contributed by atoms with van der Waals surface area (Å²) in [5.74, 6) is 1.00. The molecule has 2 saturated heterocycles. The zero-order valence-corrected chi connectivity index (χ0v) is 20.9. The molecule has 2 heterocycles. The van der Waals surface area contributed by atoms with E-state index in [1.54, 1.807) is 7.11 Å². The first-order chi connectivity index (χ1) is 16.7. The number of hydrogen-bond donors (Lipinski definition) is 0. The molecule has 0 aromatic heterocycles. The molecule has 0 radical (unpaired) electrons. The molecule has 0 saturated carbocycles. The van der Waals surface area contributed by atoms with Gasteiger partial charge in [0.2, 0.25) is 0 Å². The molecule has 5 nitrogen and oxygen atoms in total. The average Bonchev–Trinajstić information content (AvgIpc) is 2.92. The van der Waals surface area contributed by atoms with E-state index in [9.17, 15) is 4.79 Å². The van der Waals surface area contributed by atoms with E-state index >= 15 is 0 Å². The Morgan fingerprint density at radius 1 is 0.941 bits per heavy atom. The molecular weight excluding hydrogens is 424 g/mol. The van der Waals surface area contributed by atoms with Crippen molar-refractivity contribution in [2.75, 3.05) is 53.0 Å². The van der Waals surface area contributed by atoms with Crippen LogP contribution in [0.3, 0.4) is 0 Å². The van der Waals surface area contributed by atoms with E-state index in [-0.39, 0.29) is 11.3 Å². The standard InChI is InChI=1S/C29H40N2O3/c1-3-4-5-6-16-30-17-14-29(15-18-30,26-8-7-9-27(23-26)33-2)25-12-10-24(11-13-25)28(32)31-19-21-34-22-20-31/h7-13,23H,3-6,14-22H2,1-2H3. The first-order valence-electron chi connectivity index (χ1n) is 13.0. The number of unbranched alkanes of at least 4 members (excludes halogenated alkanes) is 3. The Kier molecular flexibility index (Phi) is 8.63. The number of carbonyl (C=O) groups is 1. The molecule has 4 rings (SSSR count). The normalized spacial score (nSPS) is 18.6. The number of carbonyl (C=O) groups excluding carboxylic acids is 1. The fourth-order valence-electron chi connectivity index (χ4n) is 5.47. The van der Waals surface area contributed by atoms with Gasteiger partial charge in [-0.2, -0.15) is 0 Å². The van der Waals surface area contributed by atoms with Crippen LogP contribution in [0.1, 0.15) is 66.9 Å². The van der Waals surface area contributed by atoms with Gasteiger partial charge in [0.1, 0.15) is 5.75 Å². The van der Waals surface area contributed by atoms with Gasteiger partial charge in [-0.15, -0.1) is 0 Å². The van der Waals surface area contributed by atoms with Crippen molar-refractivity contribution >= 4 is 5.91 Å². The van der Waals surface area contributed by atoms with Crippen LogP contribution in [0, 0.1) is 0 Å². The van der Waals surface area contributed by atoms with E-state index in [1.165, 1.54) is 43.4 Å². The molecule has 0 spiro atoms. The lowest BCUT2D eigenvalue weighted by molar-refractivity contribution is 0.0303. The third-order valence-corrected chi connectivity index (χ3v) is 7.64. The Bertz CT molecular complexity index is 913. The number of morpholine rings is 1. The lowest BCUT2D eigenvalue weighted by Crippen LogP contribution is -2.43. The number of ether oxygens (including phenoxy) is 2. The summed E-state index contributed by atoms with van der Waals surface area (Å²) in [6.45, 7) is 8.24. The highest BCUT2D eigenvalue weighted by Crippen LogP contribution is 2.43. The Morgan fingerprint density at radius 2 is 1.68 bits per heavy atom. The molecule has 34 heavy (non-hydrogen) atoms. The van der Waals surface area contributed by atoms with Crippen LogP contribution in [0.15, 0.2) is 48.5 Å². The van der Waals surface area contributed by atoms with E-state index in [0.717, 1.165) is 37.2 Å². The fourth-order valence-corrected chi connectivity index (χ4v) is 5.47. The minimum Gasteiger partial charge on any atom is -0.497 e. The van der Waals surface area contributed by atoms with E-state index in [0.29, 0.717) is 26.3 Å². The minimum absolute atomic E-state index is 0.0605. The molecule has 0 bridgehead atoms. The first-order valence-corrected chi connectivity index (χ1v) is 13.0. The van der Waals surface area contributed by atoms with E-state index in [2.05, 4.69) is 42.2 Å². The highest BCUT2D eigenvalue weighted by molar-refractivity contribution is 5.94. The van der Waals surface area contributed by atoms with E-state index < -0.39 is 0 Å². The second kappa shape index (κ2) is 11.9. The molecule has 5 heteroatoms. The number of methoxy groups -OCH3 is 1. The summed E-state index contributed by atoms with van der Waals surface area (Å²) < 4.78 is 11.0. The van der Waals surface area contributed by atoms with Crippen molar-refractivity contribution in [2.45, 2.75) is 50.9 Å². The number of amides is 1. The number of piperidine rings is 1. The smallest absolute Gasteiger partial charge is 0.254 e. The maximum atomic E-state index is 13.0. The number of benzene rings is 2. The molecule has 2 aromatic carbocycles. The summed E-state index contributed by atoms with van der Waals surface area (Å²) in [6, 6.07) is 17.0. The molecule has 0 atom stereocenters. The van der Waals surface area contributed by atoms with Gasteiger partial charge in [0.15, 0.2) is 0 Å². The quantitative estimate of drug-likeness (QED) is 0.483. The molecule has 1 amide bonds. The largest absolute Gasteiger partial charge is 0.497 e. The summed E-state index contributed by atoms with van der Waals surface area (Å²) in [7, 11) is 1.73. The molecule has 184 valence electrons. The van der Waals surface area contributed by atoms with Crippen LogP contribution in [0.4, 0.5) is 0 Å². The summed E-state index contributed by atoms with van der Waals surface area (Å²) in [5.41, 5.74) is 3.31. The molecule has 2 aliphatic heterocycles. The maximum Gasteiger partial charge on any atom is 0.254 e. The van der Waals surface area contributed by atoms with Crippen LogP contribution < -0.4 is 4.74 Å². The van der Waals surface area contributed by atoms with Gasteiger partial charge in [0.05, 0.1) is 20.3 Å². The van der Waals surface area contributed by atoms with Crippen molar-refractivity contribution in [3.05, 3.63) is 65.2 Å². The average molecular weight is 465 g/mol. The van der Waals surface area contributed by atoms with Gasteiger partial charge in [0.25, 0.3) is 5.91 Å². The number of nitrogens with zero attached hydrogens (tertiary/aromatic N) is 2. The predicted molar refractivity (Wildman–Crippen MR) is 137 cm³/mol. The summed E-state index contributed by atoms with van der Waals surface area (Å²) in [5, 5.41) is 0. The van der Waals surface area contributed by atoms with Crippen LogP contribution in [0.25, 0.3) is 0 Å². The Morgan fingerprint density at radius 3 is 2.35 bits per heavy atom. The van der Waals surface area contributed by atoms with Crippen molar-refractivity contribution in [1.82, 2.24) is 9.80 Å². The minimum atomic E-state index is -0.0605. The second-order valence-corrected chi connectivity index (χ2v) is 9.70. The number of hydrogen-bond acceptors (Lipinski definition) is 4. The van der Waals surface area contributed by atoms with Crippen LogP contribution in [0.2, 0.25) is 0 Å². The van der Waals surface area contributed by atoms with Crippen LogP contribution in [0.5, 0.6) is 5.75 Å². The summed E-state index contributed by atoms with van der Waals surface area (Å²) >= 11 is 0. The second-order valence-electron chi connectivity index (χ2n) is 9.70. The van der Waals surface area contributed by atoms with E-state index in [4.69, 9.17) is 9.47 Å². The van der Waals surface area contributed by atoms with Crippen molar-refractivity contribution < 1.29 is 14.3 Å². The van der Waals surface area contributed by atoms with Crippen LogP contribution in [-0.2, 0) is 10.2 Å². The zero-order chi connectivity index (χ0) is 23.8. The predicted octanol–water partition coefficient (Wildman–Crippen LogP) is 5.13. The van der Waals surface area contributed by atoms with Crippen molar-refractivity contribution in [3.63, 3.8) is 0 Å². The third-order valence-electron chi connectivity index (χ3n) is 7.64. The van der Waals surface area contributed by atoms with Gasteiger partial charge in [-0.1, -0.05) is 50.5 Å². The molecular formula is C29H40N2O3. The van der Waals surface area contributed by atoms with Crippen LogP contribution >= 0.6 is 0 Å². The zero-order valence-electron chi connectivity index (χ0n) is 20.9. The van der Waals surface area contributed by atoms with Crippen molar-refractivity contribution in [3.8, 4) is 5.75 Å². The molecule has 0 aliphatic carbocycles. The molecule has 0 N–H and O–H groups in total. The van der Waals surface area contributed by atoms with Crippen LogP contribution in [-0.4, -0.2) is 68.8 Å². The highest BCUT2D eigenvalue weighted by Gasteiger charge is 2.38. The SMILES string of the molecule is CCCCCCN1CCC(c2ccc(C(=O)N3CCOCC3)cc2)(c2cccc(OC)c2)CC1. The molecule has 0 unspecified atom stereocenters. The summed E-state index contributed by atoms with van der Waals surface area (Å²) in [4.78, 5) is 17.5. The van der Waals surface area contributed by atoms with Crippen molar-refractivity contribution in [2.24, 2.45) is 0 Å². The first kappa shape index (κ1) is 24.7. The molecule has 2 fully saturated rings. The topological polar surface area (TPSA) is 42.0 Å². The maximum absolute atomic E-state index is 13.0. The van der Waals surface area contributed by atoms with Gasteiger partial charge < -0.3 is 19.3 Å². The Balaban J connectivity index is 1.55. The van der Waals surface area contributed by atoms with Gasteiger partial charge in [0, 0.05) is 24.1 Å². The van der Waals surface area contributed by atoms with Gasteiger partial charge in [-0.25, -0.2) is 0 Å². The lowest BCUT2D eigenvalue weighted by atomic mass is 9.68. The fraction of sp³-hybridized carbons (Fsp3) is 0.552. The highest BCUT2D eigenvalue weighted by atomic mass is 16.5. The number of rotatable bonds is 9. The lowest BCUT2D eigenvalue weighted by Gasteiger charge is -2.43. The monoisotopic (exact) mass is 464 g/mol. The van der Waals surface area contributed by atoms with Gasteiger partial charge in [-0.3, -0.25) is 4.79 Å². The third kappa shape index (κ3) is 5.64. The van der Waals surface area contributed by atoms with Gasteiger partial charge >= 0.3 is 0 Å². The van der Waals surface area contributed by atoms with Gasteiger partial charge in [-0.05, 0) is 74.3 Å². The molecule has 2 aromatic rings. The Labute approximate surface area is 205 Å². The molecule has 2 aliphatic rings. The van der Waals surface area contributed by atoms with E-state index in [1.807, 2.05) is 23.1 Å². The number of likely N-dealkylation sites (tertiary alicyclic amines) is 1. The Hall–Kier alpha value is -2.37. The summed E-state index contributed by atoms with van der Waals surface area (Å²) in [6.07, 6.45) is 7.38. The van der Waals surface area contributed by atoms with Crippen molar-refractivity contribution in [1.29, 1.82) is 0 Å².